The van der Waals surface area contributed by atoms with Crippen molar-refractivity contribution in [1.29, 1.82) is 0 Å². The fraction of sp³-hybridized carbons (Fsp3) is 0.833. The van der Waals surface area contributed by atoms with Gasteiger partial charge >= 0.3 is 5.97 Å². The van der Waals surface area contributed by atoms with Gasteiger partial charge in [-0.15, -0.1) is 0 Å². The third-order valence-corrected chi connectivity index (χ3v) is 1.00. The lowest BCUT2D eigenvalue weighted by molar-refractivity contribution is -0.152. The Kier molecular flexibility index (Phi) is 3.25. The number of esters is 1. The van der Waals surface area contributed by atoms with E-state index in [0.717, 1.165) is 6.92 Å². The molecule has 0 aromatic rings. The predicted molar refractivity (Wildman–Crippen MR) is 31.9 cm³/mol. The molecule has 0 aromatic heterocycles. The molecule has 0 fully saturated rings. The van der Waals surface area contributed by atoms with Crippen molar-refractivity contribution < 1.29 is 18.3 Å². The first-order valence-electron chi connectivity index (χ1n) is 2.99. The van der Waals surface area contributed by atoms with E-state index in [4.69, 9.17) is 0 Å². The maximum Gasteiger partial charge on any atom is 0.302 e. The number of ether oxygens (including phenoxy) is 1. The van der Waals surface area contributed by atoms with Crippen molar-refractivity contribution >= 4 is 5.97 Å². The number of alkyl halides is 2. The molecule has 0 aliphatic rings. The molecule has 0 saturated carbocycles. The van der Waals surface area contributed by atoms with Crippen molar-refractivity contribution in [2.24, 2.45) is 0 Å². The van der Waals surface area contributed by atoms with Crippen LogP contribution in [0.4, 0.5) is 8.78 Å². The Labute approximate surface area is 58.2 Å². The molecular weight excluding hydrogens is 142 g/mol. The van der Waals surface area contributed by atoms with Crippen molar-refractivity contribution in [1.82, 2.24) is 0 Å². The Balaban J connectivity index is 3.56. The second-order valence-corrected chi connectivity index (χ2v) is 1.99. The van der Waals surface area contributed by atoms with E-state index < -0.39 is 18.5 Å². The molecule has 0 atom stereocenters. The van der Waals surface area contributed by atoms with Crippen LogP contribution in [0, 0.1) is 0 Å². The molecule has 0 N–H and O–H groups in total. The molecule has 0 aliphatic carbocycles. The summed E-state index contributed by atoms with van der Waals surface area (Å²) < 4.78 is 28.6. The highest BCUT2D eigenvalue weighted by molar-refractivity contribution is 5.65. The lowest BCUT2D eigenvalue weighted by Crippen LogP contribution is -2.23. The molecule has 0 amide bonds. The highest BCUT2D eigenvalue weighted by Crippen LogP contribution is 2.17. The summed E-state index contributed by atoms with van der Waals surface area (Å²) in [5, 5.41) is 0. The Bertz CT molecular complexity index is 123. The molecule has 0 aromatic carbocycles. The lowest BCUT2D eigenvalue weighted by atomic mass is 10.3. The smallest absolute Gasteiger partial charge is 0.302 e. The van der Waals surface area contributed by atoms with Crippen LogP contribution in [-0.2, 0) is 9.53 Å². The van der Waals surface area contributed by atoms with Gasteiger partial charge in [0.15, 0.2) is 6.61 Å². The Hall–Kier alpha value is -0.670. The van der Waals surface area contributed by atoms with Gasteiger partial charge in [0.05, 0.1) is 0 Å². The number of rotatable bonds is 3. The number of carbonyl (C=O) groups excluding carboxylic acids is 1. The monoisotopic (exact) mass is 152 g/mol. The van der Waals surface area contributed by atoms with Crippen LogP contribution in [0.2, 0.25) is 0 Å². The molecule has 0 rings (SSSR count). The number of hydrogen-bond donors (Lipinski definition) is 0. The SMILES string of the molecule is CCC(F)(F)COC(C)=O. The van der Waals surface area contributed by atoms with Crippen molar-refractivity contribution in [2.45, 2.75) is 26.2 Å². The van der Waals surface area contributed by atoms with Crippen LogP contribution in [-0.4, -0.2) is 18.5 Å². The van der Waals surface area contributed by atoms with Gasteiger partial charge in [-0.1, -0.05) is 6.92 Å². The molecule has 2 nitrogen and oxygen atoms in total. The van der Waals surface area contributed by atoms with E-state index >= 15 is 0 Å². The minimum Gasteiger partial charge on any atom is -0.459 e. The highest BCUT2D eigenvalue weighted by atomic mass is 19.3. The van der Waals surface area contributed by atoms with E-state index in [2.05, 4.69) is 4.74 Å². The molecule has 10 heavy (non-hydrogen) atoms. The summed E-state index contributed by atoms with van der Waals surface area (Å²) in [4.78, 5) is 10.1. The Morgan fingerprint density at radius 3 is 2.40 bits per heavy atom. The van der Waals surface area contributed by atoms with Gasteiger partial charge in [0.1, 0.15) is 0 Å². The second kappa shape index (κ2) is 3.49. The molecule has 0 bridgehead atoms. The van der Waals surface area contributed by atoms with Crippen LogP contribution < -0.4 is 0 Å². The van der Waals surface area contributed by atoms with E-state index in [-0.39, 0.29) is 6.42 Å². The molecule has 0 radical (unpaired) electrons. The molecule has 0 heterocycles. The van der Waals surface area contributed by atoms with Crippen LogP contribution >= 0.6 is 0 Å². The predicted octanol–water partition coefficient (Wildman–Crippen LogP) is 1.59. The molecule has 0 saturated heterocycles. The molecule has 0 spiro atoms. The summed E-state index contributed by atoms with van der Waals surface area (Å²) in [6.07, 6.45) is -0.305. The third kappa shape index (κ3) is 4.23. The first-order valence-corrected chi connectivity index (χ1v) is 2.99. The van der Waals surface area contributed by atoms with Crippen molar-refractivity contribution in [3.8, 4) is 0 Å². The normalized spacial score (nSPS) is 11.2. The summed E-state index contributed by atoms with van der Waals surface area (Å²) in [6, 6.07) is 0. The molecule has 4 heteroatoms. The Morgan fingerprint density at radius 1 is 1.60 bits per heavy atom. The van der Waals surface area contributed by atoms with Gasteiger partial charge in [0.25, 0.3) is 5.92 Å². The molecule has 0 unspecified atom stereocenters. The number of halogens is 2. The fourth-order valence-electron chi connectivity index (χ4n) is 0.309. The van der Waals surface area contributed by atoms with Crippen LogP contribution in [0.25, 0.3) is 0 Å². The zero-order valence-electron chi connectivity index (χ0n) is 5.99. The van der Waals surface area contributed by atoms with Crippen LogP contribution in [0.15, 0.2) is 0 Å². The summed E-state index contributed by atoms with van der Waals surface area (Å²) in [5.74, 6) is -3.54. The summed E-state index contributed by atoms with van der Waals surface area (Å²) >= 11 is 0. The average molecular weight is 152 g/mol. The lowest BCUT2D eigenvalue weighted by Gasteiger charge is -2.12. The molecular formula is C6H10F2O2. The van der Waals surface area contributed by atoms with E-state index in [1.165, 1.54) is 6.92 Å². The maximum atomic E-state index is 12.2. The molecule has 0 aliphatic heterocycles. The van der Waals surface area contributed by atoms with Crippen LogP contribution in [0.3, 0.4) is 0 Å². The maximum absolute atomic E-state index is 12.2. The Morgan fingerprint density at radius 2 is 2.10 bits per heavy atom. The summed E-state index contributed by atoms with van der Waals surface area (Å²) in [5.41, 5.74) is 0. The first-order chi connectivity index (χ1) is 4.48. The van der Waals surface area contributed by atoms with E-state index in [0.29, 0.717) is 0 Å². The van der Waals surface area contributed by atoms with Gasteiger partial charge < -0.3 is 4.74 Å². The van der Waals surface area contributed by atoms with E-state index in [9.17, 15) is 13.6 Å². The van der Waals surface area contributed by atoms with Gasteiger partial charge in [-0.25, -0.2) is 8.78 Å². The second-order valence-electron chi connectivity index (χ2n) is 1.99. The van der Waals surface area contributed by atoms with Crippen LogP contribution in [0.5, 0.6) is 0 Å². The van der Waals surface area contributed by atoms with Gasteiger partial charge in [-0.2, -0.15) is 0 Å². The zero-order chi connectivity index (χ0) is 8.20. The van der Waals surface area contributed by atoms with Crippen molar-refractivity contribution in [2.75, 3.05) is 6.61 Å². The first kappa shape index (κ1) is 9.33. The minimum atomic E-state index is -2.87. The fourth-order valence-corrected chi connectivity index (χ4v) is 0.309. The largest absolute Gasteiger partial charge is 0.459 e. The average Bonchev–Trinajstić information content (AvgIpc) is 1.85. The van der Waals surface area contributed by atoms with Crippen molar-refractivity contribution in [3.63, 3.8) is 0 Å². The zero-order valence-corrected chi connectivity index (χ0v) is 5.99. The quantitative estimate of drug-likeness (QED) is 0.574. The van der Waals surface area contributed by atoms with Crippen molar-refractivity contribution in [3.05, 3.63) is 0 Å². The standard InChI is InChI=1S/C6H10F2O2/c1-3-6(7,8)4-10-5(2)9/h3-4H2,1-2H3. The van der Waals surface area contributed by atoms with Gasteiger partial charge in [-0.3, -0.25) is 4.79 Å². The van der Waals surface area contributed by atoms with Gasteiger partial charge in [-0.05, 0) is 0 Å². The van der Waals surface area contributed by atoms with Crippen LogP contribution in [0.1, 0.15) is 20.3 Å². The third-order valence-electron chi connectivity index (χ3n) is 1.00. The number of carbonyl (C=O) groups is 1. The van der Waals surface area contributed by atoms with Gasteiger partial charge in [0, 0.05) is 13.3 Å². The van der Waals surface area contributed by atoms with E-state index in [1.54, 1.807) is 0 Å². The highest BCUT2D eigenvalue weighted by Gasteiger charge is 2.27. The minimum absolute atomic E-state index is 0.305. The number of hydrogen-bond acceptors (Lipinski definition) is 2. The van der Waals surface area contributed by atoms with Gasteiger partial charge in [0.2, 0.25) is 0 Å². The topological polar surface area (TPSA) is 26.3 Å². The molecule has 60 valence electrons. The van der Waals surface area contributed by atoms with E-state index in [1.807, 2.05) is 0 Å². The summed E-state index contributed by atoms with van der Waals surface area (Å²) in [6.45, 7) is 1.63. The summed E-state index contributed by atoms with van der Waals surface area (Å²) in [7, 11) is 0.